The Morgan fingerprint density at radius 3 is 2.75 bits per heavy atom. The van der Waals surface area contributed by atoms with E-state index in [0.29, 0.717) is 0 Å². The second-order valence-electron chi connectivity index (χ2n) is 2.96. The lowest BCUT2D eigenvalue weighted by molar-refractivity contribution is 0.474. The number of aromatic hydroxyl groups is 1. The largest absolute Gasteiger partial charge is 0.508 e. The van der Waals surface area contributed by atoms with Crippen LogP contribution in [0, 0.1) is 0 Å². The van der Waals surface area contributed by atoms with E-state index in [2.05, 4.69) is 15.9 Å². The van der Waals surface area contributed by atoms with Gasteiger partial charge < -0.3 is 10.8 Å². The summed E-state index contributed by atoms with van der Waals surface area (Å²) in [6, 6.07) is 5.37. The van der Waals surface area contributed by atoms with Gasteiger partial charge in [0, 0.05) is 10.5 Å². The van der Waals surface area contributed by atoms with E-state index in [-0.39, 0.29) is 11.8 Å². The Morgan fingerprint density at radius 2 is 2.25 bits per heavy atom. The topological polar surface area (TPSA) is 46.2 Å². The van der Waals surface area contributed by atoms with Gasteiger partial charge in [0.25, 0.3) is 0 Å². The first-order valence-electron chi connectivity index (χ1n) is 3.82. The second-order valence-corrected chi connectivity index (χ2v) is 3.81. The van der Waals surface area contributed by atoms with Gasteiger partial charge in [-0.15, -0.1) is 0 Å². The third-order valence-corrected chi connectivity index (χ3v) is 2.32. The van der Waals surface area contributed by atoms with Crippen LogP contribution in [0.5, 0.6) is 5.75 Å². The molecule has 12 heavy (non-hydrogen) atoms. The second kappa shape index (κ2) is 3.92. The number of nitrogens with two attached hydrogens (primary N) is 1. The average molecular weight is 230 g/mol. The lowest BCUT2D eigenvalue weighted by Crippen LogP contribution is -2.17. The molecule has 0 radical (unpaired) electrons. The third-order valence-electron chi connectivity index (χ3n) is 1.58. The summed E-state index contributed by atoms with van der Waals surface area (Å²) in [4.78, 5) is 0. The number of phenols is 1. The van der Waals surface area contributed by atoms with Gasteiger partial charge in [-0.05, 0) is 31.0 Å². The van der Waals surface area contributed by atoms with E-state index >= 15 is 0 Å². The molecule has 1 rings (SSSR count). The van der Waals surface area contributed by atoms with Gasteiger partial charge in [0.15, 0.2) is 0 Å². The van der Waals surface area contributed by atoms with Crippen LogP contribution >= 0.6 is 15.9 Å². The minimum absolute atomic E-state index is 0.144. The fourth-order valence-corrected chi connectivity index (χ4v) is 1.58. The Bertz CT molecular complexity index is 273. The van der Waals surface area contributed by atoms with Gasteiger partial charge in [-0.1, -0.05) is 22.0 Å². The molecule has 0 saturated carbocycles. The van der Waals surface area contributed by atoms with Crippen molar-refractivity contribution in [1.82, 2.24) is 0 Å². The van der Waals surface area contributed by atoms with Crippen LogP contribution in [0.3, 0.4) is 0 Å². The summed E-state index contributed by atoms with van der Waals surface area (Å²) in [7, 11) is 0. The zero-order valence-electron chi connectivity index (χ0n) is 6.92. The predicted octanol–water partition coefficient (Wildman–Crippen LogP) is 2.04. The molecule has 0 aromatic heterocycles. The van der Waals surface area contributed by atoms with Crippen LogP contribution < -0.4 is 5.73 Å². The summed E-state index contributed by atoms with van der Waals surface area (Å²) in [5.41, 5.74) is 6.78. The van der Waals surface area contributed by atoms with Crippen LogP contribution in [-0.2, 0) is 6.42 Å². The molecule has 0 spiro atoms. The van der Waals surface area contributed by atoms with Gasteiger partial charge in [0.05, 0.1) is 0 Å². The van der Waals surface area contributed by atoms with Crippen LogP contribution in [0.15, 0.2) is 22.7 Å². The molecule has 0 unspecified atom stereocenters. The van der Waals surface area contributed by atoms with Crippen LogP contribution in [-0.4, -0.2) is 11.1 Å². The summed E-state index contributed by atoms with van der Waals surface area (Å²) >= 11 is 3.36. The first kappa shape index (κ1) is 9.55. The first-order chi connectivity index (χ1) is 5.59. The molecule has 0 heterocycles. The Hall–Kier alpha value is -0.540. The summed E-state index contributed by atoms with van der Waals surface area (Å²) in [5, 5.41) is 9.11. The van der Waals surface area contributed by atoms with Gasteiger partial charge in [0.1, 0.15) is 5.75 Å². The average Bonchev–Trinajstić information content (AvgIpc) is 1.94. The number of hydrogen-bond donors (Lipinski definition) is 2. The molecule has 0 aliphatic carbocycles. The van der Waals surface area contributed by atoms with E-state index in [1.165, 1.54) is 0 Å². The Labute approximate surface area is 80.5 Å². The molecule has 1 atom stereocenters. The molecule has 0 aliphatic heterocycles. The normalized spacial score (nSPS) is 12.9. The van der Waals surface area contributed by atoms with Crippen molar-refractivity contribution in [2.75, 3.05) is 0 Å². The molecule has 66 valence electrons. The SMILES string of the molecule is C[C@H](N)Cc1ccc(O)cc1Br. The lowest BCUT2D eigenvalue weighted by Gasteiger charge is -2.07. The quantitative estimate of drug-likeness (QED) is 0.816. The highest BCUT2D eigenvalue weighted by Crippen LogP contribution is 2.22. The van der Waals surface area contributed by atoms with Crippen LogP contribution in [0.25, 0.3) is 0 Å². The highest BCUT2D eigenvalue weighted by atomic mass is 79.9. The number of rotatable bonds is 2. The van der Waals surface area contributed by atoms with Gasteiger partial charge in [0.2, 0.25) is 0 Å². The fourth-order valence-electron chi connectivity index (χ4n) is 1.05. The molecular weight excluding hydrogens is 218 g/mol. The van der Waals surface area contributed by atoms with Gasteiger partial charge in [-0.3, -0.25) is 0 Å². The van der Waals surface area contributed by atoms with Crippen molar-refractivity contribution in [2.24, 2.45) is 5.73 Å². The Balaban J connectivity index is 2.86. The van der Waals surface area contributed by atoms with Crippen molar-refractivity contribution in [3.8, 4) is 5.75 Å². The summed E-state index contributed by atoms with van der Waals surface area (Å²) in [5.74, 6) is 0.273. The zero-order chi connectivity index (χ0) is 9.14. The standard InChI is InChI=1S/C9H12BrNO/c1-6(11)4-7-2-3-8(12)5-9(7)10/h2-3,5-6,12H,4,11H2,1H3/t6-/m0/s1. The van der Waals surface area contributed by atoms with Crippen molar-refractivity contribution >= 4 is 15.9 Å². The number of hydrogen-bond acceptors (Lipinski definition) is 2. The zero-order valence-corrected chi connectivity index (χ0v) is 8.51. The van der Waals surface area contributed by atoms with Crippen LogP contribution in [0.1, 0.15) is 12.5 Å². The molecule has 3 heteroatoms. The summed E-state index contributed by atoms with van der Waals surface area (Å²) < 4.78 is 0.916. The minimum atomic E-state index is 0.144. The molecule has 1 aromatic carbocycles. The van der Waals surface area contributed by atoms with Gasteiger partial charge >= 0.3 is 0 Å². The fraction of sp³-hybridized carbons (Fsp3) is 0.333. The van der Waals surface area contributed by atoms with E-state index < -0.39 is 0 Å². The molecule has 0 amide bonds. The van der Waals surface area contributed by atoms with Crippen LogP contribution in [0.4, 0.5) is 0 Å². The predicted molar refractivity (Wildman–Crippen MR) is 53.2 cm³/mol. The summed E-state index contributed by atoms with van der Waals surface area (Å²) in [6.07, 6.45) is 0.820. The third kappa shape index (κ3) is 2.50. The first-order valence-corrected chi connectivity index (χ1v) is 4.62. The van der Waals surface area contributed by atoms with Crippen LogP contribution in [0.2, 0.25) is 0 Å². The van der Waals surface area contributed by atoms with Crippen molar-refractivity contribution in [3.05, 3.63) is 28.2 Å². The molecule has 0 saturated heterocycles. The van der Waals surface area contributed by atoms with Gasteiger partial charge in [-0.2, -0.15) is 0 Å². The van der Waals surface area contributed by atoms with E-state index in [1.807, 2.05) is 13.0 Å². The maximum Gasteiger partial charge on any atom is 0.116 e. The molecule has 1 aromatic rings. The summed E-state index contributed by atoms with van der Waals surface area (Å²) in [6.45, 7) is 1.96. The molecular formula is C9H12BrNO. The highest BCUT2D eigenvalue weighted by molar-refractivity contribution is 9.10. The molecule has 0 fully saturated rings. The molecule has 0 bridgehead atoms. The Kier molecular flexibility index (Phi) is 3.12. The van der Waals surface area contributed by atoms with E-state index in [1.54, 1.807) is 12.1 Å². The van der Waals surface area contributed by atoms with Crippen molar-refractivity contribution in [2.45, 2.75) is 19.4 Å². The van der Waals surface area contributed by atoms with E-state index in [0.717, 1.165) is 16.5 Å². The lowest BCUT2D eigenvalue weighted by atomic mass is 10.1. The monoisotopic (exact) mass is 229 g/mol. The maximum atomic E-state index is 9.11. The number of halogens is 1. The maximum absolute atomic E-state index is 9.11. The highest BCUT2D eigenvalue weighted by Gasteiger charge is 2.02. The minimum Gasteiger partial charge on any atom is -0.508 e. The molecule has 2 nitrogen and oxygen atoms in total. The number of phenolic OH excluding ortho intramolecular Hbond substituents is 1. The van der Waals surface area contributed by atoms with Gasteiger partial charge in [-0.25, -0.2) is 0 Å². The smallest absolute Gasteiger partial charge is 0.116 e. The van der Waals surface area contributed by atoms with Crippen molar-refractivity contribution in [1.29, 1.82) is 0 Å². The molecule has 3 N–H and O–H groups in total. The molecule has 0 aliphatic rings. The number of benzene rings is 1. The van der Waals surface area contributed by atoms with E-state index in [9.17, 15) is 0 Å². The van der Waals surface area contributed by atoms with Crippen molar-refractivity contribution < 1.29 is 5.11 Å². The Morgan fingerprint density at radius 1 is 1.58 bits per heavy atom. The van der Waals surface area contributed by atoms with Crippen molar-refractivity contribution in [3.63, 3.8) is 0 Å². The van der Waals surface area contributed by atoms with E-state index in [4.69, 9.17) is 10.8 Å².